The summed E-state index contributed by atoms with van der Waals surface area (Å²) in [5, 5.41) is 16.1. The highest BCUT2D eigenvalue weighted by atomic mass is 32.2. The number of rotatable bonds is 5. The number of anilines is 1. The molecule has 2 aromatic heterocycles. The van der Waals surface area contributed by atoms with Crippen LogP contribution in [0.3, 0.4) is 0 Å². The quantitative estimate of drug-likeness (QED) is 0.720. The van der Waals surface area contributed by atoms with E-state index in [-0.39, 0.29) is 5.91 Å². The largest absolute Gasteiger partial charge is 0.325 e. The van der Waals surface area contributed by atoms with Gasteiger partial charge in [-0.1, -0.05) is 23.9 Å². The fraction of sp³-hybridized carbons (Fsp3) is 0.154. The molecule has 22 heavy (non-hydrogen) atoms. The summed E-state index contributed by atoms with van der Waals surface area (Å²) in [7, 11) is 1.77. The van der Waals surface area contributed by atoms with Crippen LogP contribution in [0.4, 0.5) is 5.69 Å². The molecule has 1 aromatic carbocycles. The second kappa shape index (κ2) is 6.67. The number of nitrogens with zero attached hydrogens (tertiary/aromatic N) is 5. The highest BCUT2D eigenvalue weighted by Gasteiger charge is 2.09. The van der Waals surface area contributed by atoms with E-state index in [0.717, 1.165) is 9.90 Å². The lowest BCUT2D eigenvalue weighted by atomic mass is 10.2. The number of aryl methyl sites for hydroxylation is 1. The van der Waals surface area contributed by atoms with Crippen LogP contribution in [0.15, 0.2) is 40.2 Å². The number of hydrogen-bond donors (Lipinski definition) is 1. The molecule has 0 bridgehead atoms. The molecule has 3 aromatic rings. The number of tetrazole rings is 1. The summed E-state index contributed by atoms with van der Waals surface area (Å²) in [5.74, 6) is 0.894. The van der Waals surface area contributed by atoms with Crippen molar-refractivity contribution in [3.8, 4) is 11.4 Å². The lowest BCUT2D eigenvalue weighted by Gasteiger charge is -2.06. The van der Waals surface area contributed by atoms with Gasteiger partial charge in [0.25, 0.3) is 0 Å². The van der Waals surface area contributed by atoms with Crippen molar-refractivity contribution in [3.05, 3.63) is 35.8 Å². The minimum atomic E-state index is -0.0755. The van der Waals surface area contributed by atoms with E-state index >= 15 is 0 Å². The maximum atomic E-state index is 12.0. The zero-order chi connectivity index (χ0) is 15.4. The number of thioether (sulfide) groups is 1. The zero-order valence-electron chi connectivity index (χ0n) is 11.6. The first-order chi connectivity index (χ1) is 10.7. The smallest absolute Gasteiger partial charge is 0.234 e. The molecule has 0 radical (unpaired) electrons. The Kier molecular flexibility index (Phi) is 4.45. The first kappa shape index (κ1) is 14.7. The van der Waals surface area contributed by atoms with Crippen molar-refractivity contribution in [1.29, 1.82) is 0 Å². The molecule has 112 valence electrons. The first-order valence-corrected chi connectivity index (χ1v) is 8.24. The van der Waals surface area contributed by atoms with E-state index in [1.807, 2.05) is 29.6 Å². The number of benzene rings is 1. The SMILES string of the molecule is Cn1nnnc1-c1cccc(NC(=O)CSc2nccs2)c1. The van der Waals surface area contributed by atoms with E-state index < -0.39 is 0 Å². The van der Waals surface area contributed by atoms with Crippen molar-refractivity contribution in [3.63, 3.8) is 0 Å². The van der Waals surface area contributed by atoms with Crippen molar-refractivity contribution in [2.75, 3.05) is 11.1 Å². The first-order valence-electron chi connectivity index (χ1n) is 6.37. The lowest BCUT2D eigenvalue weighted by Crippen LogP contribution is -2.14. The molecule has 0 aliphatic carbocycles. The summed E-state index contributed by atoms with van der Waals surface area (Å²) in [5.41, 5.74) is 1.56. The van der Waals surface area contributed by atoms with E-state index in [4.69, 9.17) is 0 Å². The molecule has 1 amide bonds. The van der Waals surface area contributed by atoms with Crippen LogP contribution in [0.2, 0.25) is 0 Å². The van der Waals surface area contributed by atoms with Crippen LogP contribution in [-0.2, 0) is 11.8 Å². The van der Waals surface area contributed by atoms with E-state index in [0.29, 0.717) is 17.3 Å². The van der Waals surface area contributed by atoms with Gasteiger partial charge in [-0.25, -0.2) is 9.67 Å². The number of carbonyl (C=O) groups is 1. The third kappa shape index (κ3) is 3.49. The Morgan fingerprint density at radius 2 is 2.36 bits per heavy atom. The Labute approximate surface area is 134 Å². The fourth-order valence-electron chi connectivity index (χ4n) is 1.82. The molecule has 1 N–H and O–H groups in total. The van der Waals surface area contributed by atoms with Crippen LogP contribution < -0.4 is 5.32 Å². The fourth-order valence-corrected chi connectivity index (χ4v) is 3.25. The van der Waals surface area contributed by atoms with Crippen molar-refractivity contribution in [2.24, 2.45) is 7.05 Å². The van der Waals surface area contributed by atoms with Gasteiger partial charge in [-0.05, 0) is 22.6 Å². The number of hydrogen-bond acceptors (Lipinski definition) is 7. The Morgan fingerprint density at radius 1 is 1.45 bits per heavy atom. The normalized spacial score (nSPS) is 10.6. The van der Waals surface area contributed by atoms with Gasteiger partial charge in [0, 0.05) is 29.9 Å². The van der Waals surface area contributed by atoms with Gasteiger partial charge >= 0.3 is 0 Å². The molecular weight excluding hydrogens is 320 g/mol. The third-order valence-corrected chi connectivity index (χ3v) is 4.73. The molecule has 3 rings (SSSR count). The molecule has 9 heteroatoms. The monoisotopic (exact) mass is 332 g/mol. The van der Waals surface area contributed by atoms with Crippen LogP contribution in [-0.4, -0.2) is 36.9 Å². The topological polar surface area (TPSA) is 85.6 Å². The summed E-state index contributed by atoms with van der Waals surface area (Å²) in [6, 6.07) is 7.43. The summed E-state index contributed by atoms with van der Waals surface area (Å²) < 4.78 is 2.47. The maximum Gasteiger partial charge on any atom is 0.234 e. The average molecular weight is 332 g/mol. The van der Waals surface area contributed by atoms with Crippen LogP contribution in [0.5, 0.6) is 0 Å². The second-order valence-corrected chi connectivity index (χ2v) is 6.46. The summed E-state index contributed by atoms with van der Waals surface area (Å²) in [6.45, 7) is 0. The van der Waals surface area contributed by atoms with Crippen LogP contribution in [0.25, 0.3) is 11.4 Å². The van der Waals surface area contributed by atoms with Gasteiger partial charge in [-0.2, -0.15) is 0 Å². The predicted octanol–water partition coefficient (Wildman–Crippen LogP) is 2.06. The van der Waals surface area contributed by atoms with E-state index in [1.165, 1.54) is 23.1 Å². The summed E-state index contributed by atoms with van der Waals surface area (Å²) in [4.78, 5) is 16.1. The van der Waals surface area contributed by atoms with Gasteiger partial charge in [-0.3, -0.25) is 4.79 Å². The summed E-state index contributed by atoms with van der Waals surface area (Å²) >= 11 is 2.94. The zero-order valence-corrected chi connectivity index (χ0v) is 13.3. The van der Waals surface area contributed by atoms with Crippen LogP contribution in [0.1, 0.15) is 0 Å². The lowest BCUT2D eigenvalue weighted by molar-refractivity contribution is -0.113. The van der Waals surface area contributed by atoms with Crippen LogP contribution >= 0.6 is 23.1 Å². The molecule has 7 nitrogen and oxygen atoms in total. The molecule has 0 atom stereocenters. The van der Waals surface area contributed by atoms with Crippen molar-refractivity contribution in [1.82, 2.24) is 25.2 Å². The van der Waals surface area contributed by atoms with Crippen molar-refractivity contribution in [2.45, 2.75) is 4.34 Å². The number of aromatic nitrogens is 5. The van der Waals surface area contributed by atoms with Crippen molar-refractivity contribution < 1.29 is 4.79 Å². The molecule has 0 spiro atoms. The number of carbonyl (C=O) groups excluding carboxylic acids is 1. The third-order valence-electron chi connectivity index (χ3n) is 2.76. The maximum absolute atomic E-state index is 12.0. The standard InChI is InChI=1S/C13H12N6OS2/c1-19-12(16-17-18-19)9-3-2-4-10(7-9)15-11(20)8-22-13-14-5-6-21-13/h2-7H,8H2,1H3,(H,15,20). The van der Waals surface area contributed by atoms with Crippen LogP contribution in [0, 0.1) is 0 Å². The van der Waals surface area contributed by atoms with Gasteiger partial charge in [-0.15, -0.1) is 16.4 Å². The van der Waals surface area contributed by atoms with E-state index in [9.17, 15) is 4.79 Å². The van der Waals surface area contributed by atoms with Gasteiger partial charge in [0.1, 0.15) is 4.34 Å². The van der Waals surface area contributed by atoms with Crippen molar-refractivity contribution >= 4 is 34.7 Å². The Hall–Kier alpha value is -2.26. The molecular formula is C13H12N6OS2. The van der Waals surface area contributed by atoms with Gasteiger partial charge in [0.05, 0.1) is 5.75 Å². The number of nitrogens with one attached hydrogen (secondary N) is 1. The number of amides is 1. The van der Waals surface area contributed by atoms with Gasteiger partial charge < -0.3 is 5.32 Å². The highest BCUT2D eigenvalue weighted by molar-refractivity contribution is 8.01. The minimum Gasteiger partial charge on any atom is -0.325 e. The molecule has 0 saturated heterocycles. The average Bonchev–Trinajstić information content (AvgIpc) is 3.16. The Bertz CT molecular complexity index is 770. The molecule has 0 fully saturated rings. The van der Waals surface area contributed by atoms with Gasteiger partial charge in [0.15, 0.2) is 5.82 Å². The predicted molar refractivity (Wildman–Crippen MR) is 85.7 cm³/mol. The Balaban J connectivity index is 1.65. The number of thiazole rings is 1. The molecule has 0 saturated carbocycles. The summed E-state index contributed by atoms with van der Waals surface area (Å²) in [6.07, 6.45) is 1.73. The van der Waals surface area contributed by atoms with E-state index in [1.54, 1.807) is 17.9 Å². The molecule has 2 heterocycles. The molecule has 0 aliphatic rings. The second-order valence-electron chi connectivity index (χ2n) is 4.34. The molecule has 0 aliphatic heterocycles. The molecule has 0 unspecified atom stereocenters. The minimum absolute atomic E-state index is 0.0755. The Morgan fingerprint density at radius 3 is 3.09 bits per heavy atom. The van der Waals surface area contributed by atoms with E-state index in [2.05, 4.69) is 25.8 Å². The highest BCUT2D eigenvalue weighted by Crippen LogP contribution is 2.22. The van der Waals surface area contributed by atoms with Gasteiger partial charge in [0.2, 0.25) is 5.91 Å².